The molecule has 0 aliphatic carbocycles. The predicted molar refractivity (Wildman–Crippen MR) is 62.8 cm³/mol. The summed E-state index contributed by atoms with van der Waals surface area (Å²) >= 11 is 0. The summed E-state index contributed by atoms with van der Waals surface area (Å²) in [6.45, 7) is 0. The lowest BCUT2D eigenvalue weighted by Gasteiger charge is -1.95. The van der Waals surface area contributed by atoms with Gasteiger partial charge in [0.25, 0.3) is 10.0 Å². The molecule has 0 atom stereocenters. The fraction of sp³-hybridized carbons (Fsp3) is 0. The zero-order chi connectivity index (χ0) is 12.0. The quantitative estimate of drug-likeness (QED) is 0.663. The molecular formula is C10H8N4O2S. The summed E-state index contributed by atoms with van der Waals surface area (Å²) in [5.74, 6) is 0. The van der Waals surface area contributed by atoms with Crippen molar-refractivity contribution < 1.29 is 8.42 Å². The van der Waals surface area contributed by atoms with E-state index < -0.39 is 10.0 Å². The molecule has 0 aliphatic heterocycles. The number of hydrogen-bond donors (Lipinski definition) is 2. The highest BCUT2D eigenvalue weighted by Crippen LogP contribution is 2.22. The number of pyridine rings is 1. The Hall–Kier alpha value is -1.99. The van der Waals surface area contributed by atoms with Gasteiger partial charge in [0.15, 0.2) is 0 Å². The monoisotopic (exact) mass is 248 g/mol. The van der Waals surface area contributed by atoms with Gasteiger partial charge in [-0.2, -0.15) is 0 Å². The van der Waals surface area contributed by atoms with Crippen LogP contribution in [0.3, 0.4) is 0 Å². The third kappa shape index (κ3) is 1.56. The average molecular weight is 248 g/mol. The maximum atomic E-state index is 11.2. The van der Waals surface area contributed by atoms with Crippen LogP contribution in [0.2, 0.25) is 0 Å². The van der Waals surface area contributed by atoms with E-state index in [9.17, 15) is 8.42 Å². The lowest BCUT2D eigenvalue weighted by atomic mass is 10.2. The Morgan fingerprint density at radius 3 is 2.76 bits per heavy atom. The van der Waals surface area contributed by atoms with Gasteiger partial charge < -0.3 is 4.98 Å². The van der Waals surface area contributed by atoms with Crippen molar-refractivity contribution in [1.82, 2.24) is 15.0 Å². The van der Waals surface area contributed by atoms with Crippen LogP contribution in [0, 0.1) is 0 Å². The summed E-state index contributed by atoms with van der Waals surface area (Å²) in [4.78, 5) is 10.8. The molecule has 3 rings (SSSR count). The Kier molecular flexibility index (Phi) is 1.95. The van der Waals surface area contributed by atoms with E-state index in [0.717, 1.165) is 10.9 Å². The number of primary sulfonamides is 1. The van der Waals surface area contributed by atoms with E-state index in [1.165, 1.54) is 0 Å². The Morgan fingerprint density at radius 2 is 2.00 bits per heavy atom. The number of nitrogens with two attached hydrogens (primary N) is 1. The van der Waals surface area contributed by atoms with E-state index in [2.05, 4.69) is 15.0 Å². The molecule has 2 heterocycles. The van der Waals surface area contributed by atoms with Crippen LogP contribution in [0.1, 0.15) is 0 Å². The number of benzene rings is 1. The minimum atomic E-state index is -3.83. The first-order valence-electron chi connectivity index (χ1n) is 4.82. The van der Waals surface area contributed by atoms with Crippen LogP contribution in [-0.4, -0.2) is 23.4 Å². The van der Waals surface area contributed by atoms with Gasteiger partial charge in [-0.1, -0.05) is 18.2 Å². The molecule has 0 bridgehead atoms. The van der Waals surface area contributed by atoms with Crippen molar-refractivity contribution in [3.63, 3.8) is 0 Å². The molecule has 17 heavy (non-hydrogen) atoms. The van der Waals surface area contributed by atoms with Crippen LogP contribution in [-0.2, 0) is 10.0 Å². The summed E-state index contributed by atoms with van der Waals surface area (Å²) in [7, 11) is -3.83. The van der Waals surface area contributed by atoms with Gasteiger partial charge in [0, 0.05) is 5.39 Å². The van der Waals surface area contributed by atoms with E-state index in [4.69, 9.17) is 5.14 Å². The molecule has 2 aromatic heterocycles. The molecule has 0 unspecified atom stereocenters. The molecule has 0 radical (unpaired) electrons. The molecule has 3 N–H and O–H groups in total. The zero-order valence-electron chi connectivity index (χ0n) is 8.58. The number of aromatic amines is 1. The average Bonchev–Trinajstić information content (AvgIpc) is 2.72. The molecule has 0 saturated carbocycles. The second-order valence-electron chi connectivity index (χ2n) is 3.62. The fourth-order valence-electron chi connectivity index (χ4n) is 1.72. The number of nitrogens with one attached hydrogen (secondary N) is 1. The molecular weight excluding hydrogens is 240 g/mol. The molecule has 6 nitrogen and oxygen atoms in total. The molecule has 0 amide bonds. The maximum Gasteiger partial charge on any atom is 0.271 e. The molecule has 86 valence electrons. The van der Waals surface area contributed by atoms with Crippen LogP contribution in [0.4, 0.5) is 0 Å². The Morgan fingerprint density at radius 1 is 1.24 bits per heavy atom. The van der Waals surface area contributed by atoms with E-state index in [0.29, 0.717) is 11.0 Å². The highest BCUT2D eigenvalue weighted by molar-refractivity contribution is 7.89. The Labute approximate surface area is 96.5 Å². The lowest BCUT2D eigenvalue weighted by Crippen LogP contribution is -2.13. The maximum absolute atomic E-state index is 11.2. The van der Waals surface area contributed by atoms with Gasteiger partial charge in [0.05, 0.1) is 17.2 Å². The van der Waals surface area contributed by atoms with Crippen molar-refractivity contribution >= 4 is 32.0 Å². The first kappa shape index (κ1) is 10.2. The molecule has 3 aromatic rings. The van der Waals surface area contributed by atoms with Gasteiger partial charge in [0.1, 0.15) is 5.52 Å². The third-order valence-corrected chi connectivity index (χ3v) is 3.20. The second-order valence-corrected chi connectivity index (χ2v) is 5.10. The van der Waals surface area contributed by atoms with Gasteiger partial charge in [-0.3, -0.25) is 4.98 Å². The first-order chi connectivity index (χ1) is 8.05. The van der Waals surface area contributed by atoms with Crippen LogP contribution in [0.25, 0.3) is 21.9 Å². The van der Waals surface area contributed by atoms with Crippen molar-refractivity contribution in [2.45, 2.75) is 5.16 Å². The number of H-pyrrole nitrogens is 1. The highest BCUT2D eigenvalue weighted by atomic mass is 32.2. The van der Waals surface area contributed by atoms with E-state index >= 15 is 0 Å². The molecule has 0 saturated heterocycles. The highest BCUT2D eigenvalue weighted by Gasteiger charge is 2.15. The summed E-state index contributed by atoms with van der Waals surface area (Å²) in [5, 5.41) is 5.57. The molecule has 0 aliphatic rings. The first-order valence-corrected chi connectivity index (χ1v) is 6.36. The second kappa shape index (κ2) is 3.25. The van der Waals surface area contributed by atoms with Crippen LogP contribution >= 0.6 is 0 Å². The number of para-hydroxylation sites is 1. The summed E-state index contributed by atoms with van der Waals surface area (Å²) < 4.78 is 22.4. The zero-order valence-corrected chi connectivity index (χ0v) is 9.40. The summed E-state index contributed by atoms with van der Waals surface area (Å²) in [5.41, 5.74) is 1.86. The van der Waals surface area contributed by atoms with E-state index in [1.807, 2.05) is 24.3 Å². The minimum Gasteiger partial charge on any atom is -0.326 e. The Balaban J connectivity index is 2.47. The van der Waals surface area contributed by atoms with Crippen molar-refractivity contribution in [1.29, 1.82) is 0 Å². The van der Waals surface area contributed by atoms with Crippen LogP contribution in [0.15, 0.2) is 35.6 Å². The normalized spacial score (nSPS) is 12.3. The van der Waals surface area contributed by atoms with E-state index in [1.54, 1.807) is 6.20 Å². The van der Waals surface area contributed by atoms with Crippen molar-refractivity contribution in [3.8, 4) is 0 Å². The smallest absolute Gasteiger partial charge is 0.271 e. The van der Waals surface area contributed by atoms with Crippen molar-refractivity contribution in [3.05, 3.63) is 30.5 Å². The standard InChI is InChI=1S/C10H8N4O2S/c11-17(15,16)10-13-8-5-12-7-4-2-1-3-6(7)9(8)14-10/h1-5H,(H,13,14)(H2,11,15,16). The summed E-state index contributed by atoms with van der Waals surface area (Å²) in [6.07, 6.45) is 1.54. The van der Waals surface area contributed by atoms with E-state index in [-0.39, 0.29) is 5.16 Å². The number of imidazole rings is 1. The topological polar surface area (TPSA) is 102 Å². The molecule has 7 heteroatoms. The van der Waals surface area contributed by atoms with Crippen LogP contribution < -0.4 is 5.14 Å². The largest absolute Gasteiger partial charge is 0.326 e. The third-order valence-electron chi connectivity index (χ3n) is 2.47. The summed E-state index contributed by atoms with van der Waals surface area (Å²) in [6, 6.07) is 7.36. The van der Waals surface area contributed by atoms with Gasteiger partial charge in [-0.05, 0) is 6.07 Å². The predicted octanol–water partition coefficient (Wildman–Crippen LogP) is 0.758. The van der Waals surface area contributed by atoms with Gasteiger partial charge in [-0.25, -0.2) is 18.5 Å². The van der Waals surface area contributed by atoms with Gasteiger partial charge in [-0.15, -0.1) is 0 Å². The number of aromatic nitrogens is 3. The number of rotatable bonds is 1. The van der Waals surface area contributed by atoms with Crippen molar-refractivity contribution in [2.24, 2.45) is 5.14 Å². The Bertz CT molecular complexity index is 823. The number of hydrogen-bond acceptors (Lipinski definition) is 4. The number of fused-ring (bicyclic) bond motifs is 3. The fourth-order valence-corrected chi connectivity index (χ4v) is 2.19. The number of nitrogens with zero attached hydrogens (tertiary/aromatic N) is 2. The molecule has 0 fully saturated rings. The van der Waals surface area contributed by atoms with Crippen LogP contribution in [0.5, 0.6) is 0 Å². The minimum absolute atomic E-state index is 0.245. The number of sulfonamides is 1. The lowest BCUT2D eigenvalue weighted by molar-refractivity contribution is 0.591. The van der Waals surface area contributed by atoms with Gasteiger partial charge in [0.2, 0.25) is 5.16 Å². The van der Waals surface area contributed by atoms with Gasteiger partial charge >= 0.3 is 0 Å². The molecule has 0 spiro atoms. The SMILES string of the molecule is NS(=O)(=O)c1nc2c(cnc3ccccc32)[nH]1. The van der Waals surface area contributed by atoms with Crippen molar-refractivity contribution in [2.75, 3.05) is 0 Å². The molecule has 1 aromatic carbocycles.